The van der Waals surface area contributed by atoms with Gasteiger partial charge >= 0.3 is 5.97 Å². The number of benzene rings is 2. The number of carboxylic acid groups (broad SMARTS) is 1. The van der Waals surface area contributed by atoms with E-state index in [1.54, 1.807) is 0 Å². The molecule has 0 radical (unpaired) electrons. The van der Waals surface area contributed by atoms with Crippen LogP contribution in [0.15, 0.2) is 53.0 Å². The molecule has 0 aliphatic rings. The molecule has 1 atom stereocenters. The van der Waals surface area contributed by atoms with Crippen molar-refractivity contribution < 1.29 is 9.90 Å². The Morgan fingerprint density at radius 2 is 1.75 bits per heavy atom. The van der Waals surface area contributed by atoms with Gasteiger partial charge in [-0.3, -0.25) is 0 Å². The van der Waals surface area contributed by atoms with Crippen molar-refractivity contribution in [3.8, 4) is 0 Å². The molecule has 0 aliphatic carbocycles. The number of aryl methyl sites for hydroxylation is 1. The predicted octanol–water partition coefficient (Wildman–Crippen LogP) is 4.25. The van der Waals surface area contributed by atoms with E-state index in [9.17, 15) is 9.90 Å². The van der Waals surface area contributed by atoms with Gasteiger partial charge in [0.25, 0.3) is 0 Å². The molecule has 104 valence electrons. The topological polar surface area (TPSA) is 49.3 Å². The predicted molar refractivity (Wildman–Crippen MR) is 84.0 cm³/mol. The summed E-state index contributed by atoms with van der Waals surface area (Å²) in [7, 11) is 0. The van der Waals surface area contributed by atoms with Gasteiger partial charge in [-0.2, -0.15) is 0 Å². The normalized spacial score (nSPS) is 11.9. The summed E-state index contributed by atoms with van der Waals surface area (Å²) in [5, 5.41) is 12.4. The molecule has 0 amide bonds. The fraction of sp³-hybridized carbons (Fsp3) is 0.188. The summed E-state index contributed by atoms with van der Waals surface area (Å²) in [4.78, 5) is 11.5. The number of aliphatic carboxylic acids is 1. The minimum atomic E-state index is -0.892. The lowest BCUT2D eigenvalue weighted by Crippen LogP contribution is -2.20. The fourth-order valence-corrected chi connectivity index (χ4v) is 2.21. The summed E-state index contributed by atoms with van der Waals surface area (Å²) >= 11 is 3.36. The van der Waals surface area contributed by atoms with Crippen LogP contribution in [0.2, 0.25) is 0 Å². The standard InChI is InChI=1S/C16H16BrNO2/c1-2-11-3-5-12(6-4-11)15(16(19)20)18-14-9-7-13(17)8-10-14/h3-10,15,18H,2H2,1H3,(H,19,20). The van der Waals surface area contributed by atoms with Crippen molar-refractivity contribution >= 4 is 27.6 Å². The summed E-state index contributed by atoms with van der Waals surface area (Å²) in [6.07, 6.45) is 0.943. The van der Waals surface area contributed by atoms with E-state index in [0.29, 0.717) is 0 Å². The number of hydrogen-bond donors (Lipinski definition) is 2. The molecule has 0 fully saturated rings. The van der Waals surface area contributed by atoms with Crippen molar-refractivity contribution in [2.24, 2.45) is 0 Å². The first kappa shape index (κ1) is 14.6. The molecular formula is C16H16BrNO2. The minimum Gasteiger partial charge on any atom is -0.479 e. The highest BCUT2D eigenvalue weighted by molar-refractivity contribution is 9.10. The van der Waals surface area contributed by atoms with Crippen LogP contribution in [0, 0.1) is 0 Å². The van der Waals surface area contributed by atoms with E-state index in [-0.39, 0.29) is 0 Å². The highest BCUT2D eigenvalue weighted by Crippen LogP contribution is 2.22. The van der Waals surface area contributed by atoms with E-state index in [4.69, 9.17) is 0 Å². The Balaban J connectivity index is 2.22. The summed E-state index contributed by atoms with van der Waals surface area (Å²) in [5.74, 6) is -0.892. The molecule has 0 aliphatic heterocycles. The van der Waals surface area contributed by atoms with Crippen LogP contribution >= 0.6 is 15.9 Å². The van der Waals surface area contributed by atoms with Crippen molar-refractivity contribution in [3.05, 3.63) is 64.1 Å². The lowest BCUT2D eigenvalue weighted by atomic mass is 10.0. The van der Waals surface area contributed by atoms with Crippen LogP contribution in [0.3, 0.4) is 0 Å². The summed E-state index contributed by atoms with van der Waals surface area (Å²) in [5.41, 5.74) is 2.72. The molecule has 2 aromatic rings. The van der Waals surface area contributed by atoms with Crippen molar-refractivity contribution in [3.63, 3.8) is 0 Å². The number of carboxylic acids is 1. The molecule has 4 heteroatoms. The SMILES string of the molecule is CCc1ccc(C(Nc2ccc(Br)cc2)C(=O)O)cc1. The first-order chi connectivity index (χ1) is 9.60. The maximum absolute atomic E-state index is 11.5. The van der Waals surface area contributed by atoms with Crippen LogP contribution < -0.4 is 5.32 Å². The monoisotopic (exact) mass is 333 g/mol. The first-order valence-electron chi connectivity index (χ1n) is 6.44. The summed E-state index contributed by atoms with van der Waals surface area (Å²) in [6.45, 7) is 2.07. The van der Waals surface area contributed by atoms with Crippen LogP contribution in [-0.2, 0) is 11.2 Å². The highest BCUT2D eigenvalue weighted by atomic mass is 79.9. The molecule has 0 saturated carbocycles. The summed E-state index contributed by atoms with van der Waals surface area (Å²) < 4.78 is 0.960. The van der Waals surface area contributed by atoms with Gasteiger partial charge in [0.15, 0.2) is 6.04 Å². The average Bonchev–Trinajstić information content (AvgIpc) is 2.46. The van der Waals surface area contributed by atoms with E-state index < -0.39 is 12.0 Å². The van der Waals surface area contributed by atoms with E-state index in [1.165, 1.54) is 5.56 Å². The number of anilines is 1. The van der Waals surface area contributed by atoms with E-state index in [2.05, 4.69) is 28.2 Å². The lowest BCUT2D eigenvalue weighted by Gasteiger charge is -2.16. The van der Waals surface area contributed by atoms with Crippen LogP contribution in [0.5, 0.6) is 0 Å². The quantitative estimate of drug-likeness (QED) is 0.859. The van der Waals surface area contributed by atoms with Gasteiger partial charge in [-0.25, -0.2) is 4.79 Å². The molecule has 3 nitrogen and oxygen atoms in total. The molecule has 2 aromatic carbocycles. The van der Waals surface area contributed by atoms with Gasteiger partial charge < -0.3 is 10.4 Å². The molecule has 20 heavy (non-hydrogen) atoms. The molecule has 0 bridgehead atoms. The Hall–Kier alpha value is -1.81. The van der Waals surface area contributed by atoms with Crippen LogP contribution in [0.1, 0.15) is 24.1 Å². The van der Waals surface area contributed by atoms with Gasteiger partial charge in [-0.15, -0.1) is 0 Å². The van der Waals surface area contributed by atoms with E-state index in [0.717, 1.165) is 22.1 Å². The number of halogens is 1. The molecule has 0 saturated heterocycles. The maximum atomic E-state index is 11.5. The van der Waals surface area contributed by atoms with Gasteiger partial charge in [-0.05, 0) is 41.8 Å². The van der Waals surface area contributed by atoms with Gasteiger partial charge in [-0.1, -0.05) is 47.1 Å². The van der Waals surface area contributed by atoms with Crippen LogP contribution in [0.25, 0.3) is 0 Å². The number of nitrogens with one attached hydrogen (secondary N) is 1. The molecule has 2 rings (SSSR count). The number of carbonyl (C=O) groups is 1. The molecule has 0 heterocycles. The number of rotatable bonds is 5. The average molecular weight is 334 g/mol. The summed E-state index contributed by atoms with van der Waals surface area (Å²) in [6, 6.07) is 14.4. The molecule has 0 aromatic heterocycles. The first-order valence-corrected chi connectivity index (χ1v) is 7.23. The second kappa shape index (κ2) is 6.57. The van der Waals surface area contributed by atoms with Crippen molar-refractivity contribution in [2.75, 3.05) is 5.32 Å². The maximum Gasteiger partial charge on any atom is 0.330 e. The molecular weight excluding hydrogens is 318 g/mol. The molecule has 0 spiro atoms. The van der Waals surface area contributed by atoms with Gasteiger partial charge in [0.1, 0.15) is 0 Å². The third kappa shape index (κ3) is 3.61. The van der Waals surface area contributed by atoms with E-state index >= 15 is 0 Å². The van der Waals surface area contributed by atoms with E-state index in [1.807, 2.05) is 48.5 Å². The Kier molecular flexibility index (Phi) is 4.79. The second-order valence-corrected chi connectivity index (χ2v) is 5.43. The van der Waals surface area contributed by atoms with Crippen molar-refractivity contribution in [1.29, 1.82) is 0 Å². The zero-order chi connectivity index (χ0) is 14.5. The number of hydrogen-bond acceptors (Lipinski definition) is 2. The fourth-order valence-electron chi connectivity index (χ4n) is 1.95. The second-order valence-electron chi connectivity index (χ2n) is 4.52. The van der Waals surface area contributed by atoms with Crippen molar-refractivity contribution in [2.45, 2.75) is 19.4 Å². The van der Waals surface area contributed by atoms with Gasteiger partial charge in [0.2, 0.25) is 0 Å². The third-order valence-electron chi connectivity index (χ3n) is 3.12. The minimum absolute atomic E-state index is 0.748. The van der Waals surface area contributed by atoms with Crippen molar-refractivity contribution in [1.82, 2.24) is 0 Å². The van der Waals surface area contributed by atoms with Gasteiger partial charge in [0.05, 0.1) is 0 Å². The zero-order valence-corrected chi connectivity index (χ0v) is 12.7. The Bertz CT molecular complexity index is 578. The van der Waals surface area contributed by atoms with Gasteiger partial charge in [0, 0.05) is 10.2 Å². The Labute approximate surface area is 126 Å². The van der Waals surface area contributed by atoms with Crippen LogP contribution in [-0.4, -0.2) is 11.1 Å². The smallest absolute Gasteiger partial charge is 0.330 e. The zero-order valence-electron chi connectivity index (χ0n) is 11.1. The molecule has 2 N–H and O–H groups in total. The lowest BCUT2D eigenvalue weighted by molar-refractivity contribution is -0.138. The largest absolute Gasteiger partial charge is 0.479 e. The third-order valence-corrected chi connectivity index (χ3v) is 3.65. The Morgan fingerprint density at radius 1 is 1.15 bits per heavy atom. The van der Waals surface area contributed by atoms with Crippen LogP contribution in [0.4, 0.5) is 5.69 Å². The Morgan fingerprint density at radius 3 is 2.25 bits per heavy atom. The molecule has 1 unspecified atom stereocenters. The highest BCUT2D eigenvalue weighted by Gasteiger charge is 2.19.